The molecule has 8 heteroatoms. The first-order valence-electron chi connectivity index (χ1n) is 8.11. The molecular formula is C17H20N8. The van der Waals surface area contributed by atoms with Crippen molar-refractivity contribution in [3.8, 4) is 0 Å². The van der Waals surface area contributed by atoms with Crippen LogP contribution in [0.4, 0.5) is 0 Å². The third-order valence-electron chi connectivity index (χ3n) is 3.81. The first-order valence-corrected chi connectivity index (χ1v) is 8.11. The van der Waals surface area contributed by atoms with Gasteiger partial charge in [-0.3, -0.25) is 5.41 Å². The Bertz CT molecular complexity index is 947. The highest BCUT2D eigenvalue weighted by Gasteiger charge is 2.15. The Balaban J connectivity index is 2.00. The van der Waals surface area contributed by atoms with Gasteiger partial charge in [0.15, 0.2) is 11.5 Å². The molecule has 0 radical (unpaired) electrons. The second kappa shape index (κ2) is 7.16. The summed E-state index contributed by atoms with van der Waals surface area (Å²) in [6, 6.07) is 0. The van der Waals surface area contributed by atoms with Crippen LogP contribution in [0.5, 0.6) is 0 Å². The summed E-state index contributed by atoms with van der Waals surface area (Å²) in [5, 5.41) is 19.5. The maximum absolute atomic E-state index is 8.11. The largest absolute Gasteiger partial charge is 0.324 e. The molecule has 0 saturated carbocycles. The Hall–Kier alpha value is -3.16. The highest BCUT2D eigenvalue weighted by atomic mass is 15.3. The molecule has 8 nitrogen and oxygen atoms in total. The highest BCUT2D eigenvalue weighted by molar-refractivity contribution is 6.05. The Kier molecular flexibility index (Phi) is 4.78. The number of aromatic nitrogens is 6. The van der Waals surface area contributed by atoms with Gasteiger partial charge >= 0.3 is 0 Å². The van der Waals surface area contributed by atoms with Gasteiger partial charge in [-0.1, -0.05) is 13.3 Å². The summed E-state index contributed by atoms with van der Waals surface area (Å²) in [6.45, 7) is 4.50. The first-order chi connectivity index (χ1) is 12.1. The van der Waals surface area contributed by atoms with Gasteiger partial charge in [0, 0.05) is 24.2 Å². The van der Waals surface area contributed by atoms with Crippen LogP contribution in [-0.2, 0) is 13.0 Å². The van der Waals surface area contributed by atoms with Gasteiger partial charge in [-0.25, -0.2) is 19.5 Å². The van der Waals surface area contributed by atoms with Crippen LogP contribution in [0.1, 0.15) is 36.3 Å². The van der Waals surface area contributed by atoms with E-state index in [0.29, 0.717) is 12.4 Å². The number of rotatable bonds is 7. The Morgan fingerprint density at radius 1 is 1.32 bits per heavy atom. The summed E-state index contributed by atoms with van der Waals surface area (Å²) >= 11 is 0. The van der Waals surface area contributed by atoms with Gasteiger partial charge in [-0.2, -0.15) is 5.10 Å². The van der Waals surface area contributed by atoms with E-state index in [9.17, 15) is 0 Å². The number of allylic oxidation sites excluding steroid dienone is 2. The average molecular weight is 336 g/mol. The van der Waals surface area contributed by atoms with E-state index in [1.165, 1.54) is 6.08 Å². The van der Waals surface area contributed by atoms with Gasteiger partial charge in [-0.15, -0.1) is 0 Å². The molecule has 0 amide bonds. The number of nitrogens with one attached hydrogen (secondary N) is 2. The van der Waals surface area contributed by atoms with Gasteiger partial charge in [0.1, 0.15) is 12.2 Å². The van der Waals surface area contributed by atoms with Crippen molar-refractivity contribution in [2.24, 2.45) is 0 Å². The molecule has 128 valence electrons. The van der Waals surface area contributed by atoms with Crippen molar-refractivity contribution in [2.45, 2.75) is 33.2 Å². The lowest BCUT2D eigenvalue weighted by atomic mass is 10.1. The highest BCUT2D eigenvalue weighted by Crippen LogP contribution is 2.17. The van der Waals surface area contributed by atoms with E-state index in [-0.39, 0.29) is 5.71 Å². The van der Waals surface area contributed by atoms with Crippen LogP contribution in [0.3, 0.4) is 0 Å². The SMILES string of the molecule is CCCc1c(Cn2ccnc2C(=N)/C=C\C=N)ncn2nc(C)nc12. The maximum Gasteiger partial charge on any atom is 0.162 e. The molecule has 0 atom stereocenters. The normalized spacial score (nSPS) is 11.4. The fraction of sp³-hybridized carbons (Fsp3) is 0.294. The van der Waals surface area contributed by atoms with Crippen molar-refractivity contribution in [3.63, 3.8) is 0 Å². The molecule has 25 heavy (non-hydrogen) atoms. The zero-order chi connectivity index (χ0) is 17.8. The molecule has 0 aromatic carbocycles. The summed E-state index contributed by atoms with van der Waals surface area (Å²) in [5.74, 6) is 1.26. The summed E-state index contributed by atoms with van der Waals surface area (Å²) in [7, 11) is 0. The molecule has 0 unspecified atom stereocenters. The number of fused-ring (bicyclic) bond motifs is 1. The van der Waals surface area contributed by atoms with Crippen LogP contribution in [0, 0.1) is 17.7 Å². The number of imidazole rings is 1. The maximum atomic E-state index is 8.11. The minimum Gasteiger partial charge on any atom is -0.324 e. The molecule has 0 saturated heterocycles. The summed E-state index contributed by atoms with van der Waals surface area (Å²) in [5.41, 5.74) is 3.08. The van der Waals surface area contributed by atoms with Crippen LogP contribution in [0.25, 0.3) is 5.65 Å². The van der Waals surface area contributed by atoms with E-state index in [1.54, 1.807) is 23.1 Å². The Labute approximate surface area is 145 Å². The monoisotopic (exact) mass is 336 g/mol. The van der Waals surface area contributed by atoms with E-state index >= 15 is 0 Å². The predicted octanol–water partition coefficient (Wildman–Crippen LogP) is 2.20. The molecule has 0 aliphatic heterocycles. The quantitative estimate of drug-likeness (QED) is 0.645. The van der Waals surface area contributed by atoms with Crippen molar-refractivity contribution >= 4 is 17.6 Å². The molecule has 0 fully saturated rings. The lowest BCUT2D eigenvalue weighted by Crippen LogP contribution is -2.13. The summed E-state index contributed by atoms with van der Waals surface area (Å²) in [6.07, 6.45) is 11.2. The predicted molar refractivity (Wildman–Crippen MR) is 95.6 cm³/mol. The van der Waals surface area contributed by atoms with Crippen molar-refractivity contribution in [3.05, 3.63) is 53.8 Å². The summed E-state index contributed by atoms with van der Waals surface area (Å²) in [4.78, 5) is 13.4. The lowest BCUT2D eigenvalue weighted by molar-refractivity contribution is 0.732. The molecule has 0 aliphatic carbocycles. The number of hydrogen-bond acceptors (Lipinski definition) is 6. The molecule has 3 heterocycles. The van der Waals surface area contributed by atoms with Gasteiger partial charge in [0.05, 0.1) is 18.0 Å². The second-order valence-corrected chi connectivity index (χ2v) is 5.67. The number of nitrogens with zero attached hydrogens (tertiary/aromatic N) is 6. The molecule has 0 aliphatic rings. The number of aryl methyl sites for hydroxylation is 2. The van der Waals surface area contributed by atoms with Gasteiger partial charge in [-0.05, 0) is 25.5 Å². The molecular weight excluding hydrogens is 316 g/mol. The second-order valence-electron chi connectivity index (χ2n) is 5.67. The molecule has 3 rings (SSSR count). The van der Waals surface area contributed by atoms with Crippen LogP contribution in [0.15, 0.2) is 30.9 Å². The molecule has 0 spiro atoms. The van der Waals surface area contributed by atoms with Crippen LogP contribution >= 0.6 is 0 Å². The zero-order valence-electron chi connectivity index (χ0n) is 14.3. The topological polar surface area (TPSA) is 109 Å². The third-order valence-corrected chi connectivity index (χ3v) is 3.81. The van der Waals surface area contributed by atoms with Crippen molar-refractivity contribution in [1.82, 2.24) is 29.1 Å². The van der Waals surface area contributed by atoms with Gasteiger partial charge in [0.25, 0.3) is 0 Å². The number of hydrogen-bond donors (Lipinski definition) is 2. The van der Waals surface area contributed by atoms with Gasteiger partial charge < -0.3 is 9.98 Å². The smallest absolute Gasteiger partial charge is 0.162 e. The molecule has 0 bridgehead atoms. The fourth-order valence-corrected chi connectivity index (χ4v) is 2.75. The van der Waals surface area contributed by atoms with Crippen molar-refractivity contribution in [1.29, 1.82) is 10.8 Å². The minimum absolute atomic E-state index is 0.255. The molecule has 3 aromatic heterocycles. The Morgan fingerprint density at radius 3 is 2.92 bits per heavy atom. The van der Waals surface area contributed by atoms with Crippen LogP contribution in [-0.4, -0.2) is 41.1 Å². The van der Waals surface area contributed by atoms with E-state index < -0.39 is 0 Å². The fourth-order valence-electron chi connectivity index (χ4n) is 2.75. The van der Waals surface area contributed by atoms with Crippen LogP contribution < -0.4 is 0 Å². The van der Waals surface area contributed by atoms with Crippen molar-refractivity contribution < 1.29 is 0 Å². The first kappa shape index (κ1) is 16.7. The van der Waals surface area contributed by atoms with Crippen LogP contribution in [0.2, 0.25) is 0 Å². The van der Waals surface area contributed by atoms with Gasteiger partial charge in [0.2, 0.25) is 0 Å². The third kappa shape index (κ3) is 3.37. The summed E-state index contributed by atoms with van der Waals surface area (Å²) < 4.78 is 3.60. The van der Waals surface area contributed by atoms with E-state index in [0.717, 1.165) is 41.8 Å². The average Bonchev–Trinajstić information content (AvgIpc) is 3.20. The zero-order valence-corrected chi connectivity index (χ0v) is 14.3. The van der Waals surface area contributed by atoms with E-state index in [1.807, 2.05) is 17.7 Å². The standard InChI is InChI=1S/C17H20N8/c1-3-5-13-15(21-11-25-16(13)22-12(2)23-25)10-24-9-8-20-17(24)14(19)6-4-7-18/h4,6-9,11,18-19H,3,5,10H2,1-2H3/b6-4-,18-7?,19-14?. The minimum atomic E-state index is 0.255. The molecule has 3 aromatic rings. The molecule has 2 N–H and O–H groups in total. The van der Waals surface area contributed by atoms with E-state index in [4.69, 9.17) is 10.8 Å². The Morgan fingerprint density at radius 2 is 2.16 bits per heavy atom. The lowest BCUT2D eigenvalue weighted by Gasteiger charge is -2.11. The van der Waals surface area contributed by atoms with Crippen molar-refractivity contribution in [2.75, 3.05) is 0 Å². The van der Waals surface area contributed by atoms with E-state index in [2.05, 4.69) is 27.0 Å².